The van der Waals surface area contributed by atoms with Gasteiger partial charge in [0.25, 0.3) is 0 Å². The lowest BCUT2D eigenvalue weighted by atomic mass is 9.96. The van der Waals surface area contributed by atoms with E-state index in [4.69, 9.17) is 9.47 Å². The number of halogens is 1. The van der Waals surface area contributed by atoms with Crippen LogP contribution in [0, 0.1) is 12.7 Å². The zero-order valence-corrected chi connectivity index (χ0v) is 16.2. The number of nitrogens with one attached hydrogen (secondary N) is 1. The number of fused-ring (bicyclic) bond motifs is 3. The van der Waals surface area contributed by atoms with Gasteiger partial charge in [0.15, 0.2) is 17.2 Å². The van der Waals surface area contributed by atoms with Gasteiger partial charge in [0.1, 0.15) is 17.9 Å². The first-order chi connectivity index (χ1) is 14.7. The fourth-order valence-electron chi connectivity index (χ4n) is 4.33. The van der Waals surface area contributed by atoms with Gasteiger partial charge in [-0.05, 0) is 36.8 Å². The van der Waals surface area contributed by atoms with E-state index in [-0.39, 0.29) is 11.7 Å². The summed E-state index contributed by atoms with van der Waals surface area (Å²) in [5, 5.41) is 11.7. The summed E-state index contributed by atoms with van der Waals surface area (Å²) in [6.45, 7) is 3.17. The number of aromatic nitrogens is 4. The topological polar surface area (TPSA) is 73.6 Å². The van der Waals surface area contributed by atoms with Crippen LogP contribution in [-0.4, -0.2) is 32.8 Å². The number of benzene rings is 1. The van der Waals surface area contributed by atoms with Crippen LogP contribution in [0.5, 0.6) is 11.5 Å². The van der Waals surface area contributed by atoms with Gasteiger partial charge in [0.05, 0.1) is 24.8 Å². The molecule has 30 heavy (non-hydrogen) atoms. The SMILES string of the molecule is Cc1cccnc1-c1cc2c(n3cnnc13)NCc1c(F)ccc3c1[C@@H](CO3)CO2. The smallest absolute Gasteiger partial charge is 0.171 e. The number of ether oxygens (including phenoxy) is 2. The maximum atomic E-state index is 14.7. The first kappa shape index (κ1) is 17.2. The van der Waals surface area contributed by atoms with Gasteiger partial charge in [-0.1, -0.05) is 6.07 Å². The molecule has 8 heteroatoms. The summed E-state index contributed by atoms with van der Waals surface area (Å²) in [5.41, 5.74) is 4.84. The van der Waals surface area contributed by atoms with Gasteiger partial charge in [0, 0.05) is 29.4 Å². The Labute approximate surface area is 171 Å². The summed E-state index contributed by atoms with van der Waals surface area (Å²) in [5.74, 6) is 1.78. The van der Waals surface area contributed by atoms with Gasteiger partial charge in [0.2, 0.25) is 0 Å². The maximum absolute atomic E-state index is 14.7. The highest BCUT2D eigenvalue weighted by molar-refractivity contribution is 5.81. The number of hydrogen-bond donors (Lipinski definition) is 1. The Morgan fingerprint density at radius 1 is 1.17 bits per heavy atom. The van der Waals surface area contributed by atoms with Gasteiger partial charge in [-0.3, -0.25) is 9.38 Å². The third-order valence-corrected chi connectivity index (χ3v) is 5.78. The van der Waals surface area contributed by atoms with Crippen LogP contribution in [0.4, 0.5) is 10.2 Å². The van der Waals surface area contributed by atoms with Crippen LogP contribution in [0.3, 0.4) is 0 Å². The summed E-state index contributed by atoms with van der Waals surface area (Å²) in [6.07, 6.45) is 3.39. The molecule has 4 aromatic rings. The Hall–Kier alpha value is -3.68. The summed E-state index contributed by atoms with van der Waals surface area (Å²) in [4.78, 5) is 4.54. The predicted octanol–water partition coefficient (Wildman–Crippen LogP) is 3.72. The van der Waals surface area contributed by atoms with E-state index >= 15 is 0 Å². The Kier molecular flexibility index (Phi) is 3.68. The molecule has 0 unspecified atom stereocenters. The monoisotopic (exact) mass is 403 g/mol. The van der Waals surface area contributed by atoms with Crippen molar-refractivity contribution in [1.29, 1.82) is 0 Å². The lowest BCUT2D eigenvalue weighted by Crippen LogP contribution is -2.13. The highest BCUT2D eigenvalue weighted by atomic mass is 19.1. The second-order valence-electron chi connectivity index (χ2n) is 7.57. The van der Waals surface area contributed by atoms with Crippen molar-refractivity contribution in [2.24, 2.45) is 0 Å². The molecule has 7 nitrogen and oxygen atoms in total. The van der Waals surface area contributed by atoms with Crippen LogP contribution >= 0.6 is 0 Å². The van der Waals surface area contributed by atoms with E-state index in [2.05, 4.69) is 20.5 Å². The second-order valence-corrected chi connectivity index (χ2v) is 7.57. The highest BCUT2D eigenvalue weighted by Gasteiger charge is 2.31. The lowest BCUT2D eigenvalue weighted by Gasteiger charge is -2.17. The minimum absolute atomic E-state index is 0.0323. The van der Waals surface area contributed by atoms with E-state index < -0.39 is 0 Å². The molecular formula is C22H18FN5O2. The molecule has 0 saturated heterocycles. The van der Waals surface area contributed by atoms with Gasteiger partial charge in [-0.2, -0.15) is 0 Å². The van der Waals surface area contributed by atoms with E-state index in [1.165, 1.54) is 6.07 Å². The van der Waals surface area contributed by atoms with Crippen molar-refractivity contribution in [1.82, 2.24) is 19.6 Å². The van der Waals surface area contributed by atoms with E-state index in [0.717, 1.165) is 28.1 Å². The van der Waals surface area contributed by atoms with Gasteiger partial charge < -0.3 is 14.8 Å². The zero-order valence-electron chi connectivity index (χ0n) is 16.2. The molecule has 0 spiro atoms. The Bertz CT molecular complexity index is 1300. The summed E-state index contributed by atoms with van der Waals surface area (Å²) < 4.78 is 28.5. The molecule has 0 radical (unpaired) electrons. The van der Waals surface area contributed by atoms with Crippen LogP contribution in [0.2, 0.25) is 0 Å². The number of pyridine rings is 2. The fraction of sp³-hybridized carbons (Fsp3) is 0.227. The first-order valence-corrected chi connectivity index (χ1v) is 9.80. The van der Waals surface area contributed by atoms with Crippen molar-refractivity contribution < 1.29 is 13.9 Å². The molecule has 5 heterocycles. The predicted molar refractivity (Wildman–Crippen MR) is 108 cm³/mol. The first-order valence-electron chi connectivity index (χ1n) is 9.80. The van der Waals surface area contributed by atoms with Crippen molar-refractivity contribution in [3.05, 3.63) is 65.4 Å². The quantitative estimate of drug-likeness (QED) is 0.522. The molecule has 0 aliphatic carbocycles. The number of hydrogen-bond acceptors (Lipinski definition) is 6. The number of nitrogens with zero attached hydrogens (tertiary/aromatic N) is 4. The largest absolute Gasteiger partial charge is 0.493 e. The molecule has 0 amide bonds. The van der Waals surface area contributed by atoms with Gasteiger partial charge in [-0.15, -0.1) is 10.2 Å². The van der Waals surface area contributed by atoms with Crippen LogP contribution in [0.15, 0.2) is 42.9 Å². The van der Waals surface area contributed by atoms with E-state index in [9.17, 15) is 4.39 Å². The molecule has 1 atom stereocenters. The summed E-state index contributed by atoms with van der Waals surface area (Å²) >= 11 is 0. The van der Waals surface area contributed by atoms with Crippen molar-refractivity contribution >= 4 is 11.5 Å². The second kappa shape index (κ2) is 6.41. The van der Waals surface area contributed by atoms with Crippen molar-refractivity contribution in [3.63, 3.8) is 0 Å². The molecule has 1 N–H and O–H groups in total. The minimum Gasteiger partial charge on any atom is -0.493 e. The number of anilines is 1. The molecule has 2 aliphatic rings. The Balaban J connectivity index is 1.54. The van der Waals surface area contributed by atoms with Gasteiger partial charge >= 0.3 is 0 Å². The number of rotatable bonds is 1. The average molecular weight is 403 g/mol. The molecule has 0 fully saturated rings. The average Bonchev–Trinajstić information content (AvgIpc) is 3.40. The molecule has 0 bridgehead atoms. The van der Waals surface area contributed by atoms with Crippen molar-refractivity contribution in [2.45, 2.75) is 19.4 Å². The third kappa shape index (κ3) is 2.46. The van der Waals surface area contributed by atoms with Crippen LogP contribution < -0.4 is 14.8 Å². The van der Waals surface area contributed by atoms with E-state index in [1.807, 2.05) is 29.5 Å². The fourth-order valence-corrected chi connectivity index (χ4v) is 4.33. The summed E-state index contributed by atoms with van der Waals surface area (Å²) in [7, 11) is 0. The van der Waals surface area contributed by atoms with Crippen molar-refractivity contribution in [2.75, 3.05) is 18.5 Å². The Morgan fingerprint density at radius 2 is 2.03 bits per heavy atom. The van der Waals surface area contributed by atoms with Crippen LogP contribution in [0.25, 0.3) is 16.9 Å². The molecule has 6 rings (SSSR count). The zero-order chi connectivity index (χ0) is 20.2. The minimum atomic E-state index is -0.249. The summed E-state index contributed by atoms with van der Waals surface area (Å²) in [6, 6.07) is 9.00. The van der Waals surface area contributed by atoms with E-state index in [1.54, 1.807) is 18.6 Å². The molecule has 1 aromatic carbocycles. The maximum Gasteiger partial charge on any atom is 0.171 e. The van der Waals surface area contributed by atoms with Gasteiger partial charge in [-0.25, -0.2) is 4.39 Å². The molecule has 150 valence electrons. The third-order valence-electron chi connectivity index (χ3n) is 5.78. The molecular weight excluding hydrogens is 385 g/mol. The van der Waals surface area contributed by atoms with Crippen molar-refractivity contribution in [3.8, 4) is 22.8 Å². The standard InChI is InChI=1S/C22H18FN5O2/c1-12-3-2-6-24-20(12)14-7-18-22(28-11-26-27-21(14)28)25-8-15-16(23)4-5-17-19(15)13(9-29-17)10-30-18/h2-7,11,13,25H,8-10H2,1H3/t13-/m0/s1. The number of aryl methyl sites for hydroxylation is 1. The molecule has 3 aromatic heterocycles. The highest BCUT2D eigenvalue weighted by Crippen LogP contribution is 2.41. The Morgan fingerprint density at radius 3 is 2.90 bits per heavy atom. The van der Waals surface area contributed by atoms with E-state index in [0.29, 0.717) is 42.5 Å². The van der Waals surface area contributed by atoms with Crippen LogP contribution in [0.1, 0.15) is 22.6 Å². The van der Waals surface area contributed by atoms with Crippen LogP contribution in [-0.2, 0) is 6.54 Å². The normalized spacial score (nSPS) is 17.1. The lowest BCUT2D eigenvalue weighted by molar-refractivity contribution is 0.249. The molecule has 2 aliphatic heterocycles. The molecule has 0 saturated carbocycles.